The topological polar surface area (TPSA) is 84.5 Å². The second kappa shape index (κ2) is 6.60. The van der Waals surface area contributed by atoms with Gasteiger partial charge in [0.15, 0.2) is 0 Å². The predicted molar refractivity (Wildman–Crippen MR) is 71.8 cm³/mol. The van der Waals surface area contributed by atoms with Gasteiger partial charge in [0.25, 0.3) is 0 Å². The molecule has 0 fully saturated rings. The zero-order chi connectivity index (χ0) is 13.6. The summed E-state index contributed by atoms with van der Waals surface area (Å²) in [5, 5.41) is 0.682. The minimum absolute atomic E-state index is 0.0985. The highest BCUT2D eigenvalue weighted by Gasteiger charge is 2.14. The third-order valence-electron chi connectivity index (χ3n) is 1.85. The zero-order valence-electron chi connectivity index (χ0n) is 9.64. The van der Waals surface area contributed by atoms with Gasteiger partial charge >= 0.3 is 16.3 Å². The fraction of sp³-hybridized carbons (Fsp3) is 0.300. The lowest BCUT2D eigenvalue weighted by Crippen LogP contribution is -2.35. The lowest BCUT2D eigenvalue weighted by Gasteiger charge is -2.09. The molecule has 0 aliphatic rings. The van der Waals surface area contributed by atoms with Gasteiger partial charge < -0.3 is 4.74 Å². The van der Waals surface area contributed by atoms with Crippen LogP contribution in [0.25, 0.3) is 0 Å². The van der Waals surface area contributed by atoms with E-state index in [0.717, 1.165) is 5.56 Å². The number of hydrogen-bond donors (Lipinski definition) is 2. The quantitative estimate of drug-likeness (QED) is 0.805. The van der Waals surface area contributed by atoms with Crippen molar-refractivity contribution in [3.05, 3.63) is 29.8 Å². The van der Waals surface area contributed by atoms with Gasteiger partial charge in [0.1, 0.15) is 0 Å². The molecular formula is C10H13BrN2O4S. The summed E-state index contributed by atoms with van der Waals surface area (Å²) in [5.74, 6) is 0. The number of alkyl halides is 1. The number of benzene rings is 1. The van der Waals surface area contributed by atoms with E-state index in [1.807, 2.05) is 0 Å². The third kappa shape index (κ3) is 4.92. The van der Waals surface area contributed by atoms with Gasteiger partial charge in [-0.15, -0.1) is 0 Å². The van der Waals surface area contributed by atoms with Crippen molar-refractivity contribution in [1.29, 1.82) is 0 Å². The van der Waals surface area contributed by atoms with Crippen LogP contribution in [-0.2, 0) is 20.3 Å². The highest BCUT2D eigenvalue weighted by molar-refractivity contribution is 9.08. The van der Waals surface area contributed by atoms with Crippen LogP contribution in [0.4, 0.5) is 10.5 Å². The van der Waals surface area contributed by atoms with E-state index in [4.69, 9.17) is 0 Å². The number of anilines is 1. The molecule has 0 aliphatic carbocycles. The van der Waals surface area contributed by atoms with Crippen molar-refractivity contribution in [2.24, 2.45) is 0 Å². The van der Waals surface area contributed by atoms with Crippen molar-refractivity contribution >= 4 is 37.9 Å². The van der Waals surface area contributed by atoms with Gasteiger partial charge in [-0.05, 0) is 24.6 Å². The Kier molecular flexibility index (Phi) is 5.42. The molecule has 1 aromatic rings. The molecule has 1 amide bonds. The minimum Gasteiger partial charge on any atom is -0.449 e. The number of carbonyl (C=O) groups is 1. The third-order valence-corrected chi connectivity index (χ3v) is 3.44. The highest BCUT2D eigenvalue weighted by Crippen LogP contribution is 2.12. The van der Waals surface area contributed by atoms with Crippen molar-refractivity contribution in [1.82, 2.24) is 4.72 Å². The molecule has 0 atom stereocenters. The molecule has 100 valence electrons. The summed E-state index contributed by atoms with van der Waals surface area (Å²) in [6.45, 7) is 1.68. The maximum absolute atomic E-state index is 11.5. The van der Waals surface area contributed by atoms with Crippen LogP contribution in [0.15, 0.2) is 24.3 Å². The zero-order valence-corrected chi connectivity index (χ0v) is 12.0. The number of hydrogen-bond acceptors (Lipinski definition) is 4. The van der Waals surface area contributed by atoms with E-state index in [1.54, 1.807) is 35.9 Å². The largest absolute Gasteiger partial charge is 0.449 e. The average molecular weight is 337 g/mol. The molecule has 0 unspecified atom stereocenters. The van der Waals surface area contributed by atoms with Gasteiger partial charge in [-0.3, -0.25) is 4.72 Å². The van der Waals surface area contributed by atoms with Gasteiger partial charge in [0.05, 0.1) is 12.3 Å². The van der Waals surface area contributed by atoms with E-state index in [9.17, 15) is 13.2 Å². The maximum Gasteiger partial charge on any atom is 0.422 e. The lowest BCUT2D eigenvalue weighted by molar-refractivity contribution is 0.159. The van der Waals surface area contributed by atoms with Crippen molar-refractivity contribution in [3.63, 3.8) is 0 Å². The van der Waals surface area contributed by atoms with E-state index in [2.05, 4.69) is 25.4 Å². The first kappa shape index (κ1) is 14.8. The van der Waals surface area contributed by atoms with Crippen LogP contribution in [0, 0.1) is 0 Å². The monoisotopic (exact) mass is 336 g/mol. The minimum atomic E-state index is -3.96. The molecule has 2 N–H and O–H groups in total. The maximum atomic E-state index is 11.5. The standard InChI is InChI=1S/C10H13BrN2O4S/c1-2-17-10(14)13-18(15,16)12-9-5-3-8(7-11)4-6-9/h3-6,12H,2,7H2,1H3,(H,13,14). The Labute approximate surface area is 114 Å². The molecule has 18 heavy (non-hydrogen) atoms. The fourth-order valence-electron chi connectivity index (χ4n) is 1.11. The Morgan fingerprint density at radius 1 is 1.33 bits per heavy atom. The molecule has 0 radical (unpaired) electrons. The van der Waals surface area contributed by atoms with E-state index < -0.39 is 16.3 Å². The first-order chi connectivity index (χ1) is 8.46. The number of carbonyl (C=O) groups excluding carboxylic acids is 1. The molecule has 0 aliphatic heterocycles. The molecule has 0 saturated heterocycles. The Bertz CT molecular complexity index is 501. The lowest BCUT2D eigenvalue weighted by atomic mass is 10.2. The van der Waals surface area contributed by atoms with Crippen LogP contribution in [0.2, 0.25) is 0 Å². The molecule has 0 heterocycles. The predicted octanol–water partition coefficient (Wildman–Crippen LogP) is 1.98. The van der Waals surface area contributed by atoms with Gasteiger partial charge in [-0.1, -0.05) is 28.1 Å². The second-order valence-electron chi connectivity index (χ2n) is 3.26. The number of nitrogens with one attached hydrogen (secondary N) is 2. The number of rotatable bonds is 5. The molecule has 1 rings (SSSR count). The van der Waals surface area contributed by atoms with E-state index >= 15 is 0 Å². The first-order valence-electron chi connectivity index (χ1n) is 5.09. The van der Waals surface area contributed by atoms with Crippen LogP contribution in [0.5, 0.6) is 0 Å². The Morgan fingerprint density at radius 2 is 1.94 bits per heavy atom. The average Bonchev–Trinajstić information content (AvgIpc) is 2.29. The number of halogens is 1. The SMILES string of the molecule is CCOC(=O)NS(=O)(=O)Nc1ccc(CBr)cc1. The second-order valence-corrected chi connectivity index (χ2v) is 5.23. The molecule has 6 nitrogen and oxygen atoms in total. The van der Waals surface area contributed by atoms with Crippen molar-refractivity contribution < 1.29 is 17.9 Å². The Morgan fingerprint density at radius 3 is 2.44 bits per heavy atom. The van der Waals surface area contributed by atoms with Gasteiger partial charge in [-0.2, -0.15) is 8.42 Å². The van der Waals surface area contributed by atoms with E-state index in [0.29, 0.717) is 11.0 Å². The molecule has 1 aromatic carbocycles. The van der Waals surface area contributed by atoms with Gasteiger partial charge in [0.2, 0.25) is 0 Å². The van der Waals surface area contributed by atoms with Crippen molar-refractivity contribution in [3.8, 4) is 0 Å². The highest BCUT2D eigenvalue weighted by atomic mass is 79.9. The molecule has 8 heteroatoms. The molecule has 0 aromatic heterocycles. The summed E-state index contributed by atoms with van der Waals surface area (Å²) in [4.78, 5) is 11.0. The van der Waals surface area contributed by atoms with Crippen LogP contribution in [0.1, 0.15) is 12.5 Å². The fourth-order valence-corrected chi connectivity index (χ4v) is 2.26. The molecule has 0 bridgehead atoms. The normalized spacial score (nSPS) is 10.8. The summed E-state index contributed by atoms with van der Waals surface area (Å²) in [6, 6.07) is 6.72. The van der Waals surface area contributed by atoms with Crippen LogP contribution in [-0.4, -0.2) is 21.1 Å². The van der Waals surface area contributed by atoms with Gasteiger partial charge in [0, 0.05) is 5.33 Å². The number of amides is 1. The first-order valence-corrected chi connectivity index (χ1v) is 7.69. The van der Waals surface area contributed by atoms with Gasteiger partial charge in [-0.25, -0.2) is 9.52 Å². The van der Waals surface area contributed by atoms with E-state index in [1.165, 1.54) is 0 Å². The van der Waals surface area contributed by atoms with Crippen LogP contribution < -0.4 is 9.44 Å². The Balaban J connectivity index is 2.67. The summed E-state index contributed by atoms with van der Waals surface area (Å²) in [5.41, 5.74) is 1.37. The summed E-state index contributed by atoms with van der Waals surface area (Å²) < 4.78 is 31.4. The Hall–Kier alpha value is -1.28. The molecule has 0 spiro atoms. The molecular weight excluding hydrogens is 324 g/mol. The van der Waals surface area contributed by atoms with Crippen LogP contribution >= 0.6 is 15.9 Å². The van der Waals surface area contributed by atoms with Crippen LogP contribution in [0.3, 0.4) is 0 Å². The summed E-state index contributed by atoms with van der Waals surface area (Å²) in [6.07, 6.45) is -1.01. The molecule has 0 saturated carbocycles. The number of ether oxygens (including phenoxy) is 1. The van der Waals surface area contributed by atoms with E-state index in [-0.39, 0.29) is 6.61 Å². The van der Waals surface area contributed by atoms with Crippen molar-refractivity contribution in [2.75, 3.05) is 11.3 Å². The summed E-state index contributed by atoms with van der Waals surface area (Å²) in [7, 11) is -3.96. The van der Waals surface area contributed by atoms with Crippen molar-refractivity contribution in [2.45, 2.75) is 12.3 Å². The summed E-state index contributed by atoms with van der Waals surface area (Å²) >= 11 is 3.28. The smallest absolute Gasteiger partial charge is 0.422 e.